The van der Waals surface area contributed by atoms with Crippen molar-refractivity contribution in [1.29, 1.82) is 0 Å². The lowest BCUT2D eigenvalue weighted by molar-refractivity contribution is -0.384. The maximum Gasteiger partial charge on any atom is 0.269 e. The van der Waals surface area contributed by atoms with E-state index in [9.17, 15) is 15.2 Å². The van der Waals surface area contributed by atoms with Crippen molar-refractivity contribution in [1.82, 2.24) is 5.32 Å². The Hall–Kier alpha value is -1.46. The van der Waals surface area contributed by atoms with Crippen LogP contribution in [0.2, 0.25) is 0 Å². The Kier molecular flexibility index (Phi) is 4.96. The number of hydrogen-bond acceptors (Lipinski definition) is 4. The molecule has 0 aromatic heterocycles. The van der Waals surface area contributed by atoms with Crippen LogP contribution in [0.5, 0.6) is 0 Å². The molecule has 2 unspecified atom stereocenters. The summed E-state index contributed by atoms with van der Waals surface area (Å²) in [5.74, 6) is 0. The number of benzene rings is 1. The van der Waals surface area contributed by atoms with Crippen LogP contribution in [-0.4, -0.2) is 22.6 Å². The number of aliphatic hydroxyl groups is 1. The first-order chi connectivity index (χ1) is 9.90. The number of aliphatic hydroxyl groups excluding tert-OH is 1. The Balaban J connectivity index is 1.92. The predicted molar refractivity (Wildman–Crippen MR) is 82.1 cm³/mol. The third kappa shape index (κ3) is 4.02. The van der Waals surface area contributed by atoms with Gasteiger partial charge in [0, 0.05) is 24.7 Å². The van der Waals surface area contributed by atoms with Gasteiger partial charge in [0.2, 0.25) is 0 Å². The normalized spacial score (nSPS) is 22.7. The van der Waals surface area contributed by atoms with Gasteiger partial charge in [-0.15, -0.1) is 0 Å². The first-order valence-corrected chi connectivity index (χ1v) is 7.56. The Bertz CT molecular complexity index is 485. The summed E-state index contributed by atoms with van der Waals surface area (Å²) < 4.78 is 0. The molecule has 0 radical (unpaired) electrons. The SMILES string of the molecule is CC1(C)CCCCC1NCC(O)c1ccc([N+](=O)[O-])cc1. The highest BCUT2D eigenvalue weighted by Crippen LogP contribution is 2.35. The summed E-state index contributed by atoms with van der Waals surface area (Å²) in [6.07, 6.45) is 4.21. The van der Waals surface area contributed by atoms with Crippen molar-refractivity contribution in [2.24, 2.45) is 5.41 Å². The Labute approximate surface area is 125 Å². The van der Waals surface area contributed by atoms with E-state index in [1.165, 1.54) is 31.4 Å². The number of nitro benzene ring substituents is 1. The van der Waals surface area contributed by atoms with Gasteiger partial charge in [-0.05, 0) is 36.0 Å². The van der Waals surface area contributed by atoms with Gasteiger partial charge in [0.1, 0.15) is 0 Å². The van der Waals surface area contributed by atoms with Gasteiger partial charge in [-0.3, -0.25) is 10.1 Å². The quantitative estimate of drug-likeness (QED) is 0.645. The lowest BCUT2D eigenvalue weighted by atomic mass is 9.73. The predicted octanol–water partition coefficient (Wildman–Crippen LogP) is 3.19. The molecule has 0 saturated heterocycles. The van der Waals surface area contributed by atoms with Gasteiger partial charge in [-0.2, -0.15) is 0 Å². The van der Waals surface area contributed by atoms with Crippen LogP contribution in [0.1, 0.15) is 51.2 Å². The number of rotatable bonds is 5. The molecule has 5 nitrogen and oxygen atoms in total. The molecule has 1 aliphatic rings. The topological polar surface area (TPSA) is 75.4 Å². The van der Waals surface area contributed by atoms with Gasteiger partial charge in [-0.25, -0.2) is 0 Å². The Morgan fingerprint density at radius 3 is 2.62 bits per heavy atom. The molecule has 0 aliphatic heterocycles. The summed E-state index contributed by atoms with van der Waals surface area (Å²) in [6.45, 7) is 5.01. The smallest absolute Gasteiger partial charge is 0.269 e. The molecule has 1 aliphatic carbocycles. The third-order valence-electron chi connectivity index (χ3n) is 4.55. The highest BCUT2D eigenvalue weighted by Gasteiger charge is 2.32. The molecule has 1 fully saturated rings. The van der Waals surface area contributed by atoms with Crippen LogP contribution < -0.4 is 5.32 Å². The second kappa shape index (κ2) is 6.54. The molecule has 21 heavy (non-hydrogen) atoms. The standard InChI is InChI=1S/C16H24N2O3/c1-16(2)10-4-3-5-15(16)17-11-14(19)12-6-8-13(9-7-12)18(20)21/h6-9,14-15,17,19H,3-5,10-11H2,1-2H3. The number of nitrogens with one attached hydrogen (secondary N) is 1. The zero-order chi connectivity index (χ0) is 15.5. The molecule has 1 saturated carbocycles. The molecule has 0 spiro atoms. The van der Waals surface area contributed by atoms with Crippen LogP contribution >= 0.6 is 0 Å². The monoisotopic (exact) mass is 292 g/mol. The van der Waals surface area contributed by atoms with Crippen LogP contribution in [0, 0.1) is 15.5 Å². The first-order valence-electron chi connectivity index (χ1n) is 7.56. The van der Waals surface area contributed by atoms with E-state index in [1.54, 1.807) is 12.1 Å². The fourth-order valence-electron chi connectivity index (χ4n) is 3.06. The van der Waals surface area contributed by atoms with Crippen molar-refractivity contribution in [2.45, 2.75) is 51.7 Å². The summed E-state index contributed by atoms with van der Waals surface area (Å²) in [5, 5.41) is 24.3. The molecule has 116 valence electrons. The van der Waals surface area contributed by atoms with Crippen molar-refractivity contribution >= 4 is 5.69 Å². The van der Waals surface area contributed by atoms with Crippen molar-refractivity contribution in [2.75, 3.05) is 6.54 Å². The molecule has 1 aromatic rings. The van der Waals surface area contributed by atoms with Gasteiger partial charge < -0.3 is 10.4 Å². The van der Waals surface area contributed by atoms with Crippen molar-refractivity contribution in [3.8, 4) is 0 Å². The number of nitrogens with zero attached hydrogens (tertiary/aromatic N) is 1. The third-order valence-corrected chi connectivity index (χ3v) is 4.55. The summed E-state index contributed by atoms with van der Waals surface area (Å²) in [7, 11) is 0. The second-order valence-electron chi connectivity index (χ2n) is 6.56. The second-order valence-corrected chi connectivity index (χ2v) is 6.56. The highest BCUT2D eigenvalue weighted by atomic mass is 16.6. The Morgan fingerprint density at radius 1 is 1.38 bits per heavy atom. The van der Waals surface area contributed by atoms with Gasteiger partial charge in [0.25, 0.3) is 5.69 Å². The van der Waals surface area contributed by atoms with Crippen molar-refractivity contribution < 1.29 is 10.0 Å². The summed E-state index contributed by atoms with van der Waals surface area (Å²) in [6, 6.07) is 6.53. The first kappa shape index (κ1) is 15.9. The van der Waals surface area contributed by atoms with Crippen LogP contribution in [0.4, 0.5) is 5.69 Å². The molecule has 2 rings (SSSR count). The van der Waals surface area contributed by atoms with E-state index < -0.39 is 11.0 Å². The maximum absolute atomic E-state index is 10.6. The van der Waals surface area contributed by atoms with E-state index in [4.69, 9.17) is 0 Å². The maximum atomic E-state index is 10.6. The molecule has 1 aromatic carbocycles. The lowest BCUT2D eigenvalue weighted by Gasteiger charge is -2.39. The Morgan fingerprint density at radius 2 is 2.05 bits per heavy atom. The molecule has 0 heterocycles. The van der Waals surface area contributed by atoms with E-state index in [0.29, 0.717) is 18.2 Å². The minimum atomic E-state index is -0.636. The molecular weight excluding hydrogens is 268 g/mol. The summed E-state index contributed by atoms with van der Waals surface area (Å²) in [5.41, 5.74) is 1.02. The molecule has 2 N–H and O–H groups in total. The molecule has 0 amide bonds. The molecular formula is C16H24N2O3. The molecule has 0 bridgehead atoms. The average molecular weight is 292 g/mol. The van der Waals surface area contributed by atoms with Gasteiger partial charge in [0.15, 0.2) is 0 Å². The minimum Gasteiger partial charge on any atom is -0.387 e. The van der Waals surface area contributed by atoms with Gasteiger partial charge in [-0.1, -0.05) is 26.7 Å². The zero-order valence-corrected chi connectivity index (χ0v) is 12.7. The van der Waals surface area contributed by atoms with E-state index in [0.717, 1.165) is 6.42 Å². The lowest BCUT2D eigenvalue weighted by Crippen LogP contribution is -2.45. The van der Waals surface area contributed by atoms with E-state index in [-0.39, 0.29) is 11.1 Å². The van der Waals surface area contributed by atoms with Crippen LogP contribution in [0.25, 0.3) is 0 Å². The van der Waals surface area contributed by atoms with Crippen LogP contribution in [0.15, 0.2) is 24.3 Å². The van der Waals surface area contributed by atoms with Gasteiger partial charge >= 0.3 is 0 Å². The molecule has 5 heteroatoms. The summed E-state index contributed by atoms with van der Waals surface area (Å²) in [4.78, 5) is 10.2. The van der Waals surface area contributed by atoms with Crippen LogP contribution in [-0.2, 0) is 0 Å². The fourth-order valence-corrected chi connectivity index (χ4v) is 3.06. The van der Waals surface area contributed by atoms with Crippen LogP contribution in [0.3, 0.4) is 0 Å². The summed E-state index contributed by atoms with van der Waals surface area (Å²) >= 11 is 0. The van der Waals surface area contributed by atoms with Gasteiger partial charge in [0.05, 0.1) is 11.0 Å². The number of nitro groups is 1. The van der Waals surface area contributed by atoms with E-state index in [1.807, 2.05) is 0 Å². The number of hydrogen-bond donors (Lipinski definition) is 2. The number of non-ortho nitro benzene ring substituents is 1. The van der Waals surface area contributed by atoms with Crippen molar-refractivity contribution in [3.63, 3.8) is 0 Å². The van der Waals surface area contributed by atoms with E-state index >= 15 is 0 Å². The fraction of sp³-hybridized carbons (Fsp3) is 0.625. The largest absolute Gasteiger partial charge is 0.387 e. The zero-order valence-electron chi connectivity index (χ0n) is 12.7. The molecule has 2 atom stereocenters. The minimum absolute atomic E-state index is 0.0484. The van der Waals surface area contributed by atoms with Crippen molar-refractivity contribution in [3.05, 3.63) is 39.9 Å². The average Bonchev–Trinajstić information content (AvgIpc) is 2.45. The highest BCUT2D eigenvalue weighted by molar-refractivity contribution is 5.33. The van der Waals surface area contributed by atoms with E-state index in [2.05, 4.69) is 19.2 Å².